The number of piperidine rings is 3. The lowest BCUT2D eigenvalue weighted by atomic mass is 9.72. The molecular weight excluding hydrogens is 326 g/mol. The molecule has 0 aromatic heterocycles. The molecule has 0 spiro atoms. The third kappa shape index (κ3) is 3.22. The highest BCUT2D eigenvalue weighted by atomic mass is 16.7. The van der Waals surface area contributed by atoms with Gasteiger partial charge in [0.2, 0.25) is 0 Å². The van der Waals surface area contributed by atoms with Crippen molar-refractivity contribution in [2.75, 3.05) is 27.0 Å². The maximum atomic E-state index is 11.3. The normalized spacial score (nSPS) is 29.0. The summed E-state index contributed by atoms with van der Waals surface area (Å²) in [5, 5.41) is 13.5. The Kier molecular flexibility index (Phi) is 5.16. The summed E-state index contributed by atoms with van der Waals surface area (Å²) in [6.07, 6.45) is 3.18. The molecule has 26 heavy (non-hydrogen) atoms. The van der Waals surface area contributed by atoms with E-state index in [9.17, 15) is 5.11 Å². The highest BCUT2D eigenvalue weighted by Crippen LogP contribution is 2.43. The number of nitrogens with zero attached hydrogens (tertiary/aromatic N) is 1. The predicted molar refractivity (Wildman–Crippen MR) is 103 cm³/mol. The molecule has 140 valence electrons. The smallest absolute Gasteiger partial charge is 0.188 e. The second-order valence-corrected chi connectivity index (χ2v) is 7.74. The van der Waals surface area contributed by atoms with Gasteiger partial charge in [-0.2, -0.15) is 0 Å². The summed E-state index contributed by atoms with van der Waals surface area (Å²) in [4.78, 5) is 2.52. The molecule has 2 aromatic rings. The first-order chi connectivity index (χ1) is 12.7. The summed E-state index contributed by atoms with van der Waals surface area (Å²) < 4.78 is 10.6. The van der Waals surface area contributed by atoms with Gasteiger partial charge < -0.3 is 14.6 Å². The Balaban J connectivity index is 1.63. The lowest BCUT2D eigenvalue weighted by Gasteiger charge is -2.51. The number of hydrogen-bond acceptors (Lipinski definition) is 4. The van der Waals surface area contributed by atoms with Crippen molar-refractivity contribution < 1.29 is 14.6 Å². The average Bonchev–Trinajstić information content (AvgIpc) is 2.71. The van der Waals surface area contributed by atoms with Crippen molar-refractivity contribution >= 4 is 10.8 Å². The third-order valence-corrected chi connectivity index (χ3v) is 6.37. The zero-order valence-electron chi connectivity index (χ0n) is 15.7. The molecule has 4 unspecified atom stereocenters. The van der Waals surface area contributed by atoms with Gasteiger partial charge in [0.25, 0.3) is 0 Å². The number of aliphatic hydroxyl groups is 1. The fourth-order valence-corrected chi connectivity index (χ4v) is 4.93. The van der Waals surface area contributed by atoms with E-state index in [1.165, 1.54) is 12.8 Å². The van der Waals surface area contributed by atoms with Crippen LogP contribution >= 0.6 is 0 Å². The van der Waals surface area contributed by atoms with E-state index in [1.807, 2.05) is 18.2 Å². The Bertz CT molecular complexity index is 762. The molecule has 4 heteroatoms. The number of ether oxygens (including phenoxy) is 2. The largest absolute Gasteiger partial charge is 0.468 e. The summed E-state index contributed by atoms with van der Waals surface area (Å²) in [5.41, 5.74) is 1.01. The van der Waals surface area contributed by atoms with Gasteiger partial charge in [0, 0.05) is 19.7 Å². The van der Waals surface area contributed by atoms with Crippen molar-refractivity contribution in [2.45, 2.75) is 38.3 Å². The topological polar surface area (TPSA) is 41.9 Å². The molecule has 3 heterocycles. The van der Waals surface area contributed by atoms with E-state index in [0.717, 1.165) is 53.4 Å². The van der Waals surface area contributed by atoms with Crippen LogP contribution in [0.2, 0.25) is 0 Å². The Morgan fingerprint density at radius 2 is 2.15 bits per heavy atom. The van der Waals surface area contributed by atoms with Crippen molar-refractivity contribution in [1.82, 2.24) is 4.90 Å². The number of fused-ring (bicyclic) bond motifs is 4. The molecule has 2 bridgehead atoms. The molecule has 5 atom stereocenters. The molecule has 0 saturated carbocycles. The average molecular weight is 355 g/mol. The van der Waals surface area contributed by atoms with Crippen LogP contribution in [0.15, 0.2) is 36.4 Å². The van der Waals surface area contributed by atoms with Crippen LogP contribution in [0.1, 0.15) is 37.9 Å². The fourth-order valence-electron chi connectivity index (χ4n) is 4.93. The van der Waals surface area contributed by atoms with Gasteiger partial charge in [-0.3, -0.25) is 4.90 Å². The van der Waals surface area contributed by atoms with Crippen molar-refractivity contribution in [1.29, 1.82) is 0 Å². The van der Waals surface area contributed by atoms with Crippen molar-refractivity contribution in [3.05, 3.63) is 42.0 Å². The van der Waals surface area contributed by atoms with E-state index in [4.69, 9.17) is 9.47 Å². The molecule has 0 aliphatic carbocycles. The summed E-state index contributed by atoms with van der Waals surface area (Å²) in [6.45, 7) is 4.78. The maximum absolute atomic E-state index is 11.3. The summed E-state index contributed by atoms with van der Waals surface area (Å²) in [5.74, 6) is 2.34. The lowest BCUT2D eigenvalue weighted by molar-refractivity contribution is -0.0562. The van der Waals surface area contributed by atoms with Crippen molar-refractivity contribution in [3.63, 3.8) is 0 Å². The molecule has 0 radical (unpaired) electrons. The zero-order chi connectivity index (χ0) is 18.1. The molecule has 3 aliphatic heterocycles. The fraction of sp³-hybridized carbons (Fsp3) is 0.545. The molecule has 0 amide bonds. The van der Waals surface area contributed by atoms with Crippen LogP contribution < -0.4 is 4.74 Å². The number of rotatable bonds is 6. The second-order valence-electron chi connectivity index (χ2n) is 7.74. The highest BCUT2D eigenvalue weighted by Gasteiger charge is 2.42. The van der Waals surface area contributed by atoms with Crippen LogP contribution in [0.4, 0.5) is 0 Å². The minimum atomic E-state index is -0.461. The van der Waals surface area contributed by atoms with E-state index >= 15 is 0 Å². The van der Waals surface area contributed by atoms with E-state index in [-0.39, 0.29) is 12.8 Å². The number of aliphatic hydroxyl groups excluding tert-OH is 1. The molecule has 2 aromatic carbocycles. The number of methoxy groups -OCH3 is 1. The molecule has 4 nitrogen and oxygen atoms in total. The van der Waals surface area contributed by atoms with Crippen LogP contribution in [0.5, 0.6) is 5.75 Å². The van der Waals surface area contributed by atoms with Gasteiger partial charge in [-0.05, 0) is 59.7 Å². The predicted octanol–water partition coefficient (Wildman–Crippen LogP) is 3.98. The van der Waals surface area contributed by atoms with Crippen LogP contribution in [0.25, 0.3) is 10.8 Å². The van der Waals surface area contributed by atoms with Crippen LogP contribution in [-0.4, -0.2) is 43.0 Å². The molecule has 3 aliphatic rings. The standard InChI is InChI=1S/C22H29NO3/c1-3-15-13-23-10-9-17(15)11-21(23)22(24)19-6-4-5-16-7-8-18(12-20(16)19)26-14-25-2/h4-8,12,15,17,21-22,24H,3,9-11,13-14H2,1-2H3/t15?,17?,21?,22-/m0/s1. The maximum Gasteiger partial charge on any atom is 0.188 e. The molecule has 5 rings (SSSR count). The van der Waals surface area contributed by atoms with Gasteiger partial charge >= 0.3 is 0 Å². The minimum absolute atomic E-state index is 0.227. The van der Waals surface area contributed by atoms with E-state index in [1.54, 1.807) is 7.11 Å². The summed E-state index contributed by atoms with van der Waals surface area (Å²) in [6, 6.07) is 12.5. The monoisotopic (exact) mass is 355 g/mol. The molecular formula is C22H29NO3. The first-order valence-electron chi connectivity index (χ1n) is 9.77. The van der Waals surface area contributed by atoms with Crippen LogP contribution in [0, 0.1) is 11.8 Å². The number of hydrogen-bond donors (Lipinski definition) is 1. The SMILES string of the molecule is CCC1CN2CCC1CC2[C@@H](O)c1cccc2ccc(OCOC)cc12. The highest BCUT2D eigenvalue weighted by molar-refractivity contribution is 5.87. The van der Waals surface area contributed by atoms with Gasteiger partial charge in [-0.1, -0.05) is 37.6 Å². The molecule has 3 saturated heterocycles. The molecule has 3 fully saturated rings. The lowest BCUT2D eigenvalue weighted by Crippen LogP contribution is -2.55. The quantitative estimate of drug-likeness (QED) is 0.796. The van der Waals surface area contributed by atoms with Gasteiger partial charge in [0.1, 0.15) is 5.75 Å². The van der Waals surface area contributed by atoms with Gasteiger partial charge in [-0.25, -0.2) is 0 Å². The van der Waals surface area contributed by atoms with E-state index in [2.05, 4.69) is 30.0 Å². The number of benzene rings is 2. The molecule has 1 N–H and O–H groups in total. The Labute approximate surface area is 155 Å². The Morgan fingerprint density at radius 1 is 1.27 bits per heavy atom. The summed E-state index contributed by atoms with van der Waals surface area (Å²) in [7, 11) is 1.62. The van der Waals surface area contributed by atoms with Gasteiger partial charge in [0.15, 0.2) is 6.79 Å². The van der Waals surface area contributed by atoms with Crippen molar-refractivity contribution in [2.24, 2.45) is 11.8 Å². The first kappa shape index (κ1) is 17.8. The first-order valence-corrected chi connectivity index (χ1v) is 9.77. The van der Waals surface area contributed by atoms with Crippen LogP contribution in [0.3, 0.4) is 0 Å². The third-order valence-electron chi connectivity index (χ3n) is 6.37. The summed E-state index contributed by atoms with van der Waals surface area (Å²) >= 11 is 0. The van der Waals surface area contributed by atoms with Crippen molar-refractivity contribution in [3.8, 4) is 5.75 Å². The van der Waals surface area contributed by atoms with E-state index < -0.39 is 6.10 Å². The minimum Gasteiger partial charge on any atom is -0.468 e. The Morgan fingerprint density at radius 3 is 2.88 bits per heavy atom. The van der Waals surface area contributed by atoms with E-state index in [0.29, 0.717) is 0 Å². The second kappa shape index (κ2) is 7.55. The Hall–Kier alpha value is -1.62. The van der Waals surface area contributed by atoms with Crippen LogP contribution in [-0.2, 0) is 4.74 Å². The van der Waals surface area contributed by atoms with Gasteiger partial charge in [0.05, 0.1) is 6.10 Å². The van der Waals surface area contributed by atoms with Gasteiger partial charge in [-0.15, -0.1) is 0 Å². The zero-order valence-corrected chi connectivity index (χ0v) is 15.7.